The van der Waals surface area contributed by atoms with Crippen molar-refractivity contribution in [2.75, 3.05) is 23.3 Å². The molecule has 0 radical (unpaired) electrons. The van der Waals surface area contributed by atoms with E-state index in [1.807, 2.05) is 17.9 Å². The highest BCUT2D eigenvalue weighted by Gasteiger charge is 2.43. The van der Waals surface area contributed by atoms with Gasteiger partial charge in [0.1, 0.15) is 5.82 Å². The molecule has 178 valence electrons. The van der Waals surface area contributed by atoms with Crippen LogP contribution in [0.1, 0.15) is 28.9 Å². The lowest BCUT2D eigenvalue weighted by atomic mass is 10.1. The Morgan fingerprint density at radius 3 is 2.60 bits per heavy atom. The number of halogens is 1. The summed E-state index contributed by atoms with van der Waals surface area (Å²) >= 11 is 0. The zero-order chi connectivity index (χ0) is 23.9. The average Bonchev–Trinajstić information content (AvgIpc) is 3.56. The summed E-state index contributed by atoms with van der Waals surface area (Å²) in [6.07, 6.45) is 7.46. The Morgan fingerprint density at radius 2 is 1.94 bits per heavy atom. The molecule has 2 atom stereocenters. The summed E-state index contributed by atoms with van der Waals surface area (Å²) in [5.41, 5.74) is 1.46. The van der Waals surface area contributed by atoms with Gasteiger partial charge >= 0.3 is 0 Å². The van der Waals surface area contributed by atoms with Crippen LogP contribution in [-0.2, 0) is 0 Å². The maximum atomic E-state index is 13.3. The topological polar surface area (TPSA) is 121 Å². The smallest absolute Gasteiger partial charge is 0.256 e. The molecule has 2 unspecified atom stereocenters. The van der Waals surface area contributed by atoms with Gasteiger partial charge in [-0.05, 0) is 38.0 Å². The minimum absolute atomic E-state index is 0.0481. The third kappa shape index (κ3) is 4.07. The molecular formula is C23H23FN10O. The molecule has 2 N–H and O–H groups in total. The van der Waals surface area contributed by atoms with Crippen molar-refractivity contribution in [1.29, 1.82) is 0 Å². The van der Waals surface area contributed by atoms with Crippen LogP contribution in [0.5, 0.6) is 0 Å². The fourth-order valence-electron chi connectivity index (χ4n) is 4.80. The van der Waals surface area contributed by atoms with Gasteiger partial charge in [-0.25, -0.2) is 19.0 Å². The largest absolute Gasteiger partial charge is 0.337 e. The highest BCUT2D eigenvalue weighted by molar-refractivity contribution is 5.95. The predicted molar refractivity (Wildman–Crippen MR) is 125 cm³/mol. The molecule has 11 nitrogen and oxygen atoms in total. The Labute approximate surface area is 200 Å². The van der Waals surface area contributed by atoms with Gasteiger partial charge in [0.2, 0.25) is 5.95 Å². The van der Waals surface area contributed by atoms with E-state index >= 15 is 0 Å². The summed E-state index contributed by atoms with van der Waals surface area (Å²) in [6.45, 7) is 3.25. The lowest BCUT2D eigenvalue weighted by molar-refractivity contribution is 0.0640. The number of piperazine rings is 1. The summed E-state index contributed by atoms with van der Waals surface area (Å²) in [7, 11) is 0. The number of aromatic amines is 1. The Balaban J connectivity index is 1.16. The van der Waals surface area contributed by atoms with Crippen molar-refractivity contribution in [1.82, 2.24) is 39.8 Å². The molecule has 6 rings (SSSR count). The molecule has 0 aromatic carbocycles. The quantitative estimate of drug-likeness (QED) is 0.453. The van der Waals surface area contributed by atoms with Crippen molar-refractivity contribution in [2.45, 2.75) is 31.8 Å². The number of nitrogens with zero attached hydrogens (tertiary/aromatic N) is 8. The number of aromatic nitrogens is 7. The van der Waals surface area contributed by atoms with E-state index in [0.717, 1.165) is 24.7 Å². The van der Waals surface area contributed by atoms with Crippen LogP contribution >= 0.6 is 0 Å². The number of hydrogen-bond acceptors (Lipinski definition) is 8. The second-order valence-corrected chi connectivity index (χ2v) is 8.81. The number of carbonyl (C=O) groups excluding carboxylic acids is 1. The number of pyridine rings is 1. The Kier molecular flexibility index (Phi) is 5.12. The Morgan fingerprint density at radius 1 is 1.11 bits per heavy atom. The maximum absolute atomic E-state index is 13.3. The van der Waals surface area contributed by atoms with E-state index < -0.39 is 5.82 Å². The number of nitrogens with one attached hydrogen (secondary N) is 2. The summed E-state index contributed by atoms with van der Waals surface area (Å²) in [5.74, 6) is 1.95. The number of rotatable bonds is 5. The second-order valence-electron chi connectivity index (χ2n) is 8.81. The fraction of sp³-hybridized carbons (Fsp3) is 0.304. The number of fused-ring (bicyclic) bond motifs is 2. The summed E-state index contributed by atoms with van der Waals surface area (Å²) in [6, 6.07) is 7.22. The first-order valence-electron chi connectivity index (χ1n) is 11.4. The van der Waals surface area contributed by atoms with Gasteiger partial charge in [0.15, 0.2) is 17.5 Å². The molecule has 4 aromatic rings. The number of carbonyl (C=O) groups is 1. The third-order valence-corrected chi connectivity index (χ3v) is 6.39. The Bertz CT molecular complexity index is 1350. The molecule has 6 heterocycles. The molecule has 2 aliphatic rings. The maximum Gasteiger partial charge on any atom is 0.256 e. The molecule has 2 bridgehead atoms. The summed E-state index contributed by atoms with van der Waals surface area (Å²) < 4.78 is 14.6. The summed E-state index contributed by atoms with van der Waals surface area (Å²) in [5, 5.41) is 14.2. The van der Waals surface area contributed by atoms with Gasteiger partial charge in [0.05, 0.1) is 30.0 Å². The van der Waals surface area contributed by atoms with E-state index in [9.17, 15) is 9.18 Å². The molecule has 0 aliphatic carbocycles. The molecule has 4 aromatic heterocycles. The van der Waals surface area contributed by atoms with E-state index in [2.05, 4.69) is 40.5 Å². The first-order chi connectivity index (χ1) is 17.0. The van der Waals surface area contributed by atoms with Crippen LogP contribution in [0.4, 0.5) is 22.0 Å². The van der Waals surface area contributed by atoms with Crippen LogP contribution in [0.3, 0.4) is 0 Å². The van der Waals surface area contributed by atoms with E-state index in [-0.39, 0.29) is 18.0 Å². The first kappa shape index (κ1) is 21.2. The van der Waals surface area contributed by atoms with Crippen LogP contribution in [-0.4, -0.2) is 70.9 Å². The summed E-state index contributed by atoms with van der Waals surface area (Å²) in [4.78, 5) is 30.9. The van der Waals surface area contributed by atoms with Crippen molar-refractivity contribution in [3.63, 3.8) is 0 Å². The van der Waals surface area contributed by atoms with Gasteiger partial charge in [0, 0.05) is 37.2 Å². The van der Waals surface area contributed by atoms with Crippen LogP contribution in [0, 0.1) is 12.7 Å². The van der Waals surface area contributed by atoms with E-state index in [0.29, 0.717) is 42.1 Å². The average molecular weight is 475 g/mol. The molecule has 12 heteroatoms. The molecule has 35 heavy (non-hydrogen) atoms. The number of hydrogen-bond donors (Lipinski definition) is 2. The molecule has 0 saturated carbocycles. The van der Waals surface area contributed by atoms with E-state index in [4.69, 9.17) is 0 Å². The SMILES string of the molecule is Cc1cc(Nc2ccnc(N3CC4CCC(C3)N4C(=O)c3ccc(-n4cc(F)cn4)nc3)n2)n[nH]1. The normalized spacial score (nSPS) is 19.3. The van der Waals surface area contributed by atoms with E-state index in [1.54, 1.807) is 24.4 Å². The van der Waals surface area contributed by atoms with Crippen molar-refractivity contribution in [3.05, 3.63) is 66.1 Å². The van der Waals surface area contributed by atoms with Gasteiger partial charge in [-0.1, -0.05) is 0 Å². The monoisotopic (exact) mass is 474 g/mol. The van der Waals surface area contributed by atoms with Crippen LogP contribution < -0.4 is 10.2 Å². The minimum Gasteiger partial charge on any atom is -0.337 e. The van der Waals surface area contributed by atoms with Crippen LogP contribution in [0.15, 0.2) is 49.1 Å². The standard InChI is InChI=1S/C23H23FN10O/c1-14-8-20(31-30-14)28-19-6-7-25-23(29-19)32-12-17-3-4-18(13-32)34(17)22(35)15-2-5-21(26-9-15)33-11-16(24)10-27-33/h2,5-11,17-18H,3-4,12-13H2,1H3,(H2,25,28,29,30,31). The van der Waals surface area contributed by atoms with Crippen molar-refractivity contribution >= 4 is 23.5 Å². The van der Waals surface area contributed by atoms with Gasteiger partial charge in [-0.2, -0.15) is 15.2 Å². The molecule has 2 aliphatic heterocycles. The van der Waals surface area contributed by atoms with Gasteiger partial charge < -0.3 is 15.1 Å². The van der Waals surface area contributed by atoms with E-state index in [1.165, 1.54) is 17.1 Å². The zero-order valence-corrected chi connectivity index (χ0v) is 19.0. The van der Waals surface area contributed by atoms with Gasteiger partial charge in [-0.3, -0.25) is 9.89 Å². The number of aryl methyl sites for hydroxylation is 1. The second kappa shape index (κ2) is 8.46. The van der Waals surface area contributed by atoms with Crippen LogP contribution in [0.25, 0.3) is 5.82 Å². The molecule has 2 saturated heterocycles. The van der Waals surface area contributed by atoms with Crippen LogP contribution in [0.2, 0.25) is 0 Å². The third-order valence-electron chi connectivity index (χ3n) is 6.39. The fourth-order valence-corrected chi connectivity index (χ4v) is 4.80. The Hall–Kier alpha value is -4.35. The van der Waals surface area contributed by atoms with Gasteiger partial charge in [0.25, 0.3) is 5.91 Å². The number of anilines is 3. The van der Waals surface area contributed by atoms with Crippen molar-refractivity contribution in [2.24, 2.45) is 0 Å². The number of H-pyrrole nitrogens is 1. The van der Waals surface area contributed by atoms with Crippen molar-refractivity contribution < 1.29 is 9.18 Å². The molecular weight excluding hydrogens is 451 g/mol. The van der Waals surface area contributed by atoms with Crippen molar-refractivity contribution in [3.8, 4) is 5.82 Å². The highest BCUT2D eigenvalue weighted by Crippen LogP contribution is 2.33. The lowest BCUT2D eigenvalue weighted by Crippen LogP contribution is -2.56. The molecule has 0 spiro atoms. The predicted octanol–water partition coefficient (Wildman–Crippen LogP) is 2.46. The van der Waals surface area contributed by atoms with Gasteiger partial charge in [-0.15, -0.1) is 0 Å². The molecule has 1 amide bonds. The first-order valence-corrected chi connectivity index (χ1v) is 11.4. The number of amides is 1. The molecule has 2 fully saturated rings. The lowest BCUT2D eigenvalue weighted by Gasteiger charge is -2.41. The zero-order valence-electron chi connectivity index (χ0n) is 19.0. The highest BCUT2D eigenvalue weighted by atomic mass is 19.1. The minimum atomic E-state index is -0.442.